The molecule has 0 aliphatic heterocycles. The van der Waals surface area contributed by atoms with Crippen molar-refractivity contribution in [1.29, 1.82) is 5.26 Å². The van der Waals surface area contributed by atoms with Crippen molar-refractivity contribution in [3.05, 3.63) is 41.9 Å². The molecule has 1 aromatic carbocycles. The van der Waals surface area contributed by atoms with Crippen molar-refractivity contribution in [3.63, 3.8) is 0 Å². The Bertz CT molecular complexity index is 335. The number of nitrogens with zero attached hydrogens (tertiary/aromatic N) is 1. The highest BCUT2D eigenvalue weighted by atomic mass is 19.1. The highest BCUT2D eigenvalue weighted by molar-refractivity contribution is 5.75. The topological polar surface area (TPSA) is 44.0 Å². The van der Waals surface area contributed by atoms with Crippen molar-refractivity contribution in [2.24, 2.45) is 0 Å². The number of rotatable bonds is 1. The van der Waals surface area contributed by atoms with Gasteiger partial charge in [-0.15, -0.1) is 0 Å². The average Bonchev–Trinajstić information content (AvgIpc) is 2.10. The number of allylic oxidation sites excluding steroid dienone is 1. The molecule has 3 heteroatoms. The van der Waals surface area contributed by atoms with E-state index in [2.05, 4.69) is 0 Å². The van der Waals surface area contributed by atoms with E-state index < -0.39 is 0 Å². The molecule has 0 aromatic heterocycles. The minimum absolute atomic E-state index is 0.120. The van der Waals surface area contributed by atoms with Crippen LogP contribution in [0.25, 0.3) is 5.57 Å². The summed E-state index contributed by atoms with van der Waals surface area (Å²) < 4.78 is 12.4. The minimum Gasteiger partial charge on any atom is -0.514 e. The quantitative estimate of drug-likeness (QED) is 0.509. The van der Waals surface area contributed by atoms with Crippen LogP contribution in [0.3, 0.4) is 0 Å². The standard InChI is InChI=1S/C9H6FNO/c10-9-3-1-7(2-4-9)8(5-11)6-12/h1-4,6,12H. The van der Waals surface area contributed by atoms with E-state index in [1.807, 2.05) is 0 Å². The highest BCUT2D eigenvalue weighted by Crippen LogP contribution is 2.12. The van der Waals surface area contributed by atoms with E-state index in [4.69, 9.17) is 10.4 Å². The van der Waals surface area contributed by atoms with E-state index in [1.54, 1.807) is 6.07 Å². The Balaban J connectivity index is 3.06. The van der Waals surface area contributed by atoms with Gasteiger partial charge in [-0.2, -0.15) is 5.26 Å². The third-order valence-corrected chi connectivity index (χ3v) is 1.40. The van der Waals surface area contributed by atoms with Crippen LogP contribution in [-0.2, 0) is 0 Å². The molecule has 0 atom stereocenters. The molecule has 1 aromatic rings. The Morgan fingerprint density at radius 3 is 2.42 bits per heavy atom. The molecule has 0 bridgehead atoms. The molecule has 0 spiro atoms. The van der Waals surface area contributed by atoms with Crippen molar-refractivity contribution >= 4 is 5.57 Å². The fourth-order valence-electron chi connectivity index (χ4n) is 0.797. The summed E-state index contributed by atoms with van der Waals surface area (Å²) >= 11 is 0. The average molecular weight is 163 g/mol. The van der Waals surface area contributed by atoms with Crippen LogP contribution in [0, 0.1) is 17.1 Å². The van der Waals surface area contributed by atoms with Gasteiger partial charge in [-0.25, -0.2) is 4.39 Å². The van der Waals surface area contributed by atoms with Gasteiger partial charge in [0.15, 0.2) is 0 Å². The van der Waals surface area contributed by atoms with Crippen molar-refractivity contribution < 1.29 is 9.50 Å². The molecule has 0 fully saturated rings. The number of hydrogen-bond acceptors (Lipinski definition) is 2. The molecule has 0 aliphatic carbocycles. The van der Waals surface area contributed by atoms with Crippen molar-refractivity contribution in [2.45, 2.75) is 0 Å². The molecule has 0 heterocycles. The Morgan fingerprint density at radius 2 is 2.00 bits per heavy atom. The first-order valence-electron chi connectivity index (χ1n) is 3.28. The molecule has 1 N–H and O–H groups in total. The largest absolute Gasteiger partial charge is 0.514 e. The van der Waals surface area contributed by atoms with E-state index in [0.717, 1.165) is 0 Å². The maximum Gasteiger partial charge on any atom is 0.123 e. The van der Waals surface area contributed by atoms with Crippen LogP contribution in [0.1, 0.15) is 5.56 Å². The van der Waals surface area contributed by atoms with Gasteiger partial charge in [0.25, 0.3) is 0 Å². The minimum atomic E-state index is -0.367. The second-order valence-electron chi connectivity index (χ2n) is 2.16. The maximum atomic E-state index is 12.4. The van der Waals surface area contributed by atoms with Crippen LogP contribution in [0.2, 0.25) is 0 Å². The van der Waals surface area contributed by atoms with Crippen LogP contribution in [-0.4, -0.2) is 5.11 Å². The lowest BCUT2D eigenvalue weighted by atomic mass is 10.1. The normalized spacial score (nSPS) is 10.8. The first-order valence-corrected chi connectivity index (χ1v) is 3.28. The Morgan fingerprint density at radius 1 is 1.42 bits per heavy atom. The lowest BCUT2D eigenvalue weighted by Crippen LogP contribution is -1.81. The molecule has 0 saturated carbocycles. The molecular formula is C9H6FNO. The van der Waals surface area contributed by atoms with Crippen LogP contribution in [0.4, 0.5) is 4.39 Å². The highest BCUT2D eigenvalue weighted by Gasteiger charge is 1.99. The van der Waals surface area contributed by atoms with E-state index in [-0.39, 0.29) is 11.4 Å². The zero-order valence-electron chi connectivity index (χ0n) is 6.16. The van der Waals surface area contributed by atoms with E-state index in [0.29, 0.717) is 11.8 Å². The third-order valence-electron chi connectivity index (χ3n) is 1.40. The second-order valence-corrected chi connectivity index (χ2v) is 2.16. The zero-order valence-corrected chi connectivity index (χ0v) is 6.16. The molecule has 60 valence electrons. The van der Waals surface area contributed by atoms with Gasteiger partial charge in [-0.3, -0.25) is 0 Å². The fourth-order valence-corrected chi connectivity index (χ4v) is 0.797. The number of nitriles is 1. The summed E-state index contributed by atoms with van der Waals surface area (Å²) in [5, 5.41) is 17.0. The van der Waals surface area contributed by atoms with Crippen molar-refractivity contribution in [2.75, 3.05) is 0 Å². The molecule has 0 amide bonds. The molecule has 1 rings (SSSR count). The van der Waals surface area contributed by atoms with Gasteiger partial charge in [0, 0.05) is 0 Å². The van der Waals surface area contributed by atoms with Gasteiger partial charge >= 0.3 is 0 Å². The number of hydrogen-bond donors (Lipinski definition) is 1. The van der Waals surface area contributed by atoms with E-state index >= 15 is 0 Å². The summed E-state index contributed by atoms with van der Waals surface area (Å²) in [6.07, 6.45) is 0.702. The van der Waals surface area contributed by atoms with Crippen LogP contribution >= 0.6 is 0 Å². The summed E-state index contributed by atoms with van der Waals surface area (Å²) in [5.74, 6) is -0.367. The molecule has 2 nitrogen and oxygen atoms in total. The predicted molar refractivity (Wildman–Crippen MR) is 42.6 cm³/mol. The smallest absolute Gasteiger partial charge is 0.123 e. The van der Waals surface area contributed by atoms with Gasteiger partial charge in [0.05, 0.1) is 11.8 Å². The summed E-state index contributed by atoms with van der Waals surface area (Å²) in [4.78, 5) is 0. The summed E-state index contributed by atoms with van der Waals surface area (Å²) in [5.41, 5.74) is 0.622. The monoisotopic (exact) mass is 163 g/mol. The Hall–Kier alpha value is -1.82. The second kappa shape index (κ2) is 3.54. The van der Waals surface area contributed by atoms with Crippen LogP contribution in [0.15, 0.2) is 30.5 Å². The van der Waals surface area contributed by atoms with Gasteiger partial charge in [0.1, 0.15) is 11.9 Å². The molecule has 0 saturated heterocycles. The molecule has 0 radical (unpaired) electrons. The predicted octanol–water partition coefficient (Wildman–Crippen LogP) is 2.25. The summed E-state index contributed by atoms with van der Waals surface area (Å²) in [7, 11) is 0. The SMILES string of the molecule is N#CC(=CO)c1ccc(F)cc1. The summed E-state index contributed by atoms with van der Waals surface area (Å²) in [6, 6.07) is 7.10. The number of aliphatic hydroxyl groups excluding tert-OH is 1. The third kappa shape index (κ3) is 1.61. The summed E-state index contributed by atoms with van der Waals surface area (Å²) in [6.45, 7) is 0. The van der Waals surface area contributed by atoms with E-state index in [1.165, 1.54) is 24.3 Å². The van der Waals surface area contributed by atoms with Gasteiger partial charge < -0.3 is 5.11 Å². The van der Waals surface area contributed by atoms with Crippen molar-refractivity contribution in [3.8, 4) is 6.07 Å². The lowest BCUT2D eigenvalue weighted by molar-refractivity contribution is 0.476. The maximum absolute atomic E-state index is 12.4. The fraction of sp³-hybridized carbons (Fsp3) is 0. The van der Waals surface area contributed by atoms with Gasteiger partial charge in [-0.05, 0) is 17.7 Å². The van der Waals surface area contributed by atoms with Crippen LogP contribution in [0.5, 0.6) is 0 Å². The van der Waals surface area contributed by atoms with Gasteiger partial charge in [0.2, 0.25) is 0 Å². The van der Waals surface area contributed by atoms with Gasteiger partial charge in [-0.1, -0.05) is 12.1 Å². The Labute approximate surface area is 69.2 Å². The van der Waals surface area contributed by atoms with Crippen LogP contribution < -0.4 is 0 Å². The molecule has 0 unspecified atom stereocenters. The number of halogens is 1. The molecular weight excluding hydrogens is 157 g/mol. The first-order chi connectivity index (χ1) is 5.77. The lowest BCUT2D eigenvalue weighted by Gasteiger charge is -1.95. The van der Waals surface area contributed by atoms with E-state index in [9.17, 15) is 4.39 Å². The first kappa shape index (κ1) is 8.28. The molecule has 12 heavy (non-hydrogen) atoms. The molecule has 0 aliphatic rings. The van der Waals surface area contributed by atoms with Crippen molar-refractivity contribution in [1.82, 2.24) is 0 Å². The number of aliphatic hydroxyl groups is 1. The number of benzene rings is 1. The zero-order chi connectivity index (χ0) is 8.97. The Kier molecular flexibility index (Phi) is 2.44.